The molecule has 0 aliphatic heterocycles. The number of benzene rings is 1. The third kappa shape index (κ3) is 3.30. The molecule has 3 nitrogen and oxygen atoms in total. The lowest BCUT2D eigenvalue weighted by Gasteiger charge is -1.90. The number of rotatable bonds is 1. The van der Waals surface area contributed by atoms with E-state index in [0.717, 1.165) is 0 Å². The molecule has 3 N–H and O–H groups in total. The highest BCUT2D eigenvalue weighted by molar-refractivity contribution is 5.76. The Morgan fingerprint density at radius 3 is 2.92 bits per heavy atom. The molecule has 0 aliphatic carbocycles. The van der Waals surface area contributed by atoms with Crippen LogP contribution in [-0.4, -0.2) is 11.0 Å². The average Bonchev–Trinajstić information content (AvgIpc) is 2.03. The number of primary amides is 1. The Bertz CT molecular complexity index is 374. The maximum absolute atomic E-state index is 10.3. The molecule has 66 valence electrons. The molecule has 1 aromatic carbocycles. The second-order valence-corrected chi connectivity index (χ2v) is 2.50. The van der Waals surface area contributed by atoms with Gasteiger partial charge in [0.25, 0.3) is 0 Å². The van der Waals surface area contributed by atoms with E-state index in [-0.39, 0.29) is 12.2 Å². The monoisotopic (exact) mass is 175 g/mol. The molecular weight excluding hydrogens is 166 g/mol. The van der Waals surface area contributed by atoms with Crippen LogP contribution in [0.1, 0.15) is 12.0 Å². The lowest BCUT2D eigenvalue weighted by atomic mass is 10.2. The Kier molecular flexibility index (Phi) is 2.93. The number of aromatic hydroxyl groups is 1. The summed E-state index contributed by atoms with van der Waals surface area (Å²) < 4.78 is 0. The summed E-state index contributed by atoms with van der Waals surface area (Å²) in [5, 5.41) is 9.06. The van der Waals surface area contributed by atoms with Crippen LogP contribution in [0.25, 0.3) is 0 Å². The van der Waals surface area contributed by atoms with Gasteiger partial charge in [-0.3, -0.25) is 4.79 Å². The van der Waals surface area contributed by atoms with Crippen molar-refractivity contribution in [2.24, 2.45) is 5.73 Å². The highest BCUT2D eigenvalue weighted by Gasteiger charge is 1.89. The van der Waals surface area contributed by atoms with Gasteiger partial charge in [0.05, 0.1) is 6.42 Å². The second-order valence-electron chi connectivity index (χ2n) is 2.50. The zero-order valence-corrected chi connectivity index (χ0v) is 6.95. The molecule has 0 fully saturated rings. The number of phenolic OH excluding ortho intramolecular Hbond substituents is 1. The van der Waals surface area contributed by atoms with E-state index in [2.05, 4.69) is 11.8 Å². The summed E-state index contributed by atoms with van der Waals surface area (Å²) in [6.45, 7) is 0. The third-order valence-electron chi connectivity index (χ3n) is 1.34. The van der Waals surface area contributed by atoms with Crippen molar-refractivity contribution in [2.75, 3.05) is 0 Å². The molecule has 0 unspecified atom stereocenters. The molecule has 0 spiro atoms. The predicted molar refractivity (Wildman–Crippen MR) is 48.8 cm³/mol. The molecule has 3 heteroatoms. The first-order valence-corrected chi connectivity index (χ1v) is 3.74. The quantitative estimate of drug-likeness (QED) is 0.614. The molecule has 0 aliphatic rings. The van der Waals surface area contributed by atoms with Crippen molar-refractivity contribution in [3.63, 3.8) is 0 Å². The zero-order chi connectivity index (χ0) is 9.68. The Balaban J connectivity index is 2.72. The number of hydrogen-bond donors (Lipinski definition) is 2. The molecule has 13 heavy (non-hydrogen) atoms. The number of amides is 1. The van der Waals surface area contributed by atoms with E-state index in [0.29, 0.717) is 5.56 Å². The van der Waals surface area contributed by atoms with Gasteiger partial charge in [0.2, 0.25) is 5.91 Å². The Labute approximate surface area is 76.2 Å². The van der Waals surface area contributed by atoms with E-state index < -0.39 is 5.91 Å². The van der Waals surface area contributed by atoms with E-state index in [4.69, 9.17) is 10.8 Å². The van der Waals surface area contributed by atoms with Crippen molar-refractivity contribution in [2.45, 2.75) is 6.42 Å². The predicted octanol–water partition coefficient (Wildman–Crippen LogP) is 0.619. The number of hydrogen-bond acceptors (Lipinski definition) is 2. The highest BCUT2D eigenvalue weighted by Crippen LogP contribution is 2.09. The van der Waals surface area contributed by atoms with Crippen molar-refractivity contribution >= 4 is 5.91 Å². The Morgan fingerprint density at radius 2 is 2.31 bits per heavy atom. The summed E-state index contributed by atoms with van der Waals surface area (Å²) in [6.07, 6.45) is 0.0374. The molecule has 0 heterocycles. The smallest absolute Gasteiger partial charge is 0.229 e. The molecule has 1 amide bonds. The van der Waals surface area contributed by atoms with Crippen molar-refractivity contribution in [1.29, 1.82) is 0 Å². The van der Waals surface area contributed by atoms with E-state index >= 15 is 0 Å². The first-order chi connectivity index (χ1) is 6.18. The van der Waals surface area contributed by atoms with Gasteiger partial charge in [-0.25, -0.2) is 0 Å². The highest BCUT2D eigenvalue weighted by atomic mass is 16.3. The van der Waals surface area contributed by atoms with Gasteiger partial charge in [-0.15, -0.1) is 0 Å². The molecule has 1 aromatic rings. The number of nitrogens with two attached hydrogens (primary N) is 1. The minimum Gasteiger partial charge on any atom is -0.508 e. The van der Waals surface area contributed by atoms with Gasteiger partial charge < -0.3 is 10.8 Å². The molecule has 0 atom stereocenters. The van der Waals surface area contributed by atoms with E-state index in [1.54, 1.807) is 18.2 Å². The molecule has 1 rings (SSSR count). The van der Waals surface area contributed by atoms with Crippen LogP contribution in [0.5, 0.6) is 5.75 Å². The summed E-state index contributed by atoms with van der Waals surface area (Å²) in [5.74, 6) is 5.01. The molecule has 0 saturated carbocycles. The molecule has 0 bridgehead atoms. The van der Waals surface area contributed by atoms with E-state index in [9.17, 15) is 4.79 Å². The van der Waals surface area contributed by atoms with Crippen LogP contribution in [0.2, 0.25) is 0 Å². The summed E-state index contributed by atoms with van der Waals surface area (Å²) in [6, 6.07) is 6.50. The maximum atomic E-state index is 10.3. The molecule has 0 aromatic heterocycles. The van der Waals surface area contributed by atoms with Crippen LogP contribution in [0.4, 0.5) is 0 Å². The summed E-state index contributed by atoms with van der Waals surface area (Å²) >= 11 is 0. The molecular formula is C10H9NO2. The van der Waals surface area contributed by atoms with E-state index in [1.807, 2.05) is 0 Å². The average molecular weight is 175 g/mol. The summed E-state index contributed by atoms with van der Waals surface area (Å²) in [4.78, 5) is 10.3. The zero-order valence-electron chi connectivity index (χ0n) is 6.95. The van der Waals surface area contributed by atoms with Crippen LogP contribution in [-0.2, 0) is 4.79 Å². The van der Waals surface area contributed by atoms with Gasteiger partial charge >= 0.3 is 0 Å². The minimum absolute atomic E-state index is 0.0374. The van der Waals surface area contributed by atoms with Crippen molar-refractivity contribution in [3.05, 3.63) is 29.8 Å². The Hall–Kier alpha value is -1.95. The molecule has 0 saturated heterocycles. The first-order valence-electron chi connectivity index (χ1n) is 3.74. The fourth-order valence-electron chi connectivity index (χ4n) is 0.817. The van der Waals surface area contributed by atoms with Crippen molar-refractivity contribution in [1.82, 2.24) is 0 Å². The van der Waals surface area contributed by atoms with Gasteiger partial charge in [-0.1, -0.05) is 17.9 Å². The van der Waals surface area contributed by atoms with Gasteiger partial charge in [-0.2, -0.15) is 0 Å². The van der Waals surface area contributed by atoms with Crippen molar-refractivity contribution < 1.29 is 9.90 Å². The fraction of sp³-hybridized carbons (Fsp3) is 0.100. The van der Waals surface area contributed by atoms with Crippen LogP contribution in [0.15, 0.2) is 24.3 Å². The number of carbonyl (C=O) groups is 1. The lowest BCUT2D eigenvalue weighted by Crippen LogP contribution is -2.08. The fourth-order valence-corrected chi connectivity index (χ4v) is 0.817. The standard InChI is InChI=1S/C10H9NO2/c11-10(13)6-2-4-8-3-1-5-9(12)7-8/h1,3,5,7,12H,6H2,(H2,11,13). The van der Waals surface area contributed by atoms with Crippen LogP contribution >= 0.6 is 0 Å². The molecule has 0 radical (unpaired) electrons. The normalized spacial score (nSPS) is 8.62. The maximum Gasteiger partial charge on any atom is 0.229 e. The summed E-state index contributed by atoms with van der Waals surface area (Å²) in [7, 11) is 0. The second kappa shape index (κ2) is 4.17. The van der Waals surface area contributed by atoms with Crippen LogP contribution in [0.3, 0.4) is 0 Å². The van der Waals surface area contributed by atoms with Gasteiger partial charge in [0, 0.05) is 5.56 Å². The van der Waals surface area contributed by atoms with Crippen LogP contribution in [0, 0.1) is 11.8 Å². The van der Waals surface area contributed by atoms with Crippen LogP contribution < -0.4 is 5.73 Å². The topological polar surface area (TPSA) is 63.3 Å². The van der Waals surface area contributed by atoms with Gasteiger partial charge in [0.15, 0.2) is 0 Å². The minimum atomic E-state index is -0.451. The first kappa shape index (κ1) is 9.14. The third-order valence-corrected chi connectivity index (χ3v) is 1.34. The largest absolute Gasteiger partial charge is 0.508 e. The van der Waals surface area contributed by atoms with E-state index in [1.165, 1.54) is 6.07 Å². The Morgan fingerprint density at radius 1 is 1.54 bits per heavy atom. The SMILES string of the molecule is NC(=O)CC#Cc1cccc(O)c1. The number of carbonyl (C=O) groups excluding carboxylic acids is 1. The summed E-state index contributed by atoms with van der Waals surface area (Å²) in [5.41, 5.74) is 5.56. The number of phenols is 1. The lowest BCUT2D eigenvalue weighted by molar-refractivity contribution is -0.117. The van der Waals surface area contributed by atoms with Crippen molar-refractivity contribution in [3.8, 4) is 17.6 Å². The van der Waals surface area contributed by atoms with Gasteiger partial charge in [0.1, 0.15) is 5.75 Å². The van der Waals surface area contributed by atoms with Gasteiger partial charge in [-0.05, 0) is 18.2 Å².